The van der Waals surface area contributed by atoms with E-state index >= 15 is 0 Å². The minimum atomic E-state index is 0.0216. The maximum absolute atomic E-state index is 6.44. The van der Waals surface area contributed by atoms with Crippen LogP contribution in [0.4, 0.5) is 0 Å². The number of benzene rings is 1. The quantitative estimate of drug-likeness (QED) is 0.709. The molecule has 1 saturated carbocycles. The van der Waals surface area contributed by atoms with Crippen LogP contribution in [-0.4, -0.2) is 0 Å². The Morgan fingerprint density at radius 3 is 2.55 bits per heavy atom. The van der Waals surface area contributed by atoms with Gasteiger partial charge in [0.15, 0.2) is 0 Å². The summed E-state index contributed by atoms with van der Waals surface area (Å²) in [6.45, 7) is 2.27. The summed E-state index contributed by atoms with van der Waals surface area (Å²) in [5.41, 5.74) is 7.45. The van der Waals surface area contributed by atoms with Crippen LogP contribution in [0.2, 0.25) is 10.0 Å². The highest BCUT2D eigenvalue weighted by atomic mass is 35.5. The van der Waals surface area contributed by atoms with Gasteiger partial charge in [-0.05, 0) is 48.4 Å². The molecule has 1 aromatic carbocycles. The zero-order valence-corrected chi connectivity index (χ0v) is 13.8. The van der Waals surface area contributed by atoms with Gasteiger partial charge < -0.3 is 5.73 Å². The van der Waals surface area contributed by atoms with Gasteiger partial charge in [0.25, 0.3) is 0 Å². The predicted octanol–water partition coefficient (Wildman–Crippen LogP) is 5.99. The number of hydrogen-bond donors (Lipinski definition) is 1. The van der Waals surface area contributed by atoms with Crippen molar-refractivity contribution in [1.82, 2.24) is 0 Å². The number of unbranched alkanes of at least 4 members (excludes halogenated alkanes) is 1. The molecule has 0 bridgehead atoms. The molecule has 3 heteroatoms. The molecule has 1 aliphatic rings. The molecule has 1 aliphatic carbocycles. The summed E-state index contributed by atoms with van der Waals surface area (Å²) in [6.07, 6.45) is 9.12. The highest BCUT2D eigenvalue weighted by Gasteiger charge is 2.27. The summed E-state index contributed by atoms with van der Waals surface area (Å²) >= 11 is 12.3. The van der Waals surface area contributed by atoms with Crippen LogP contribution in [-0.2, 0) is 0 Å². The Kier molecular flexibility index (Phi) is 6.20. The zero-order chi connectivity index (χ0) is 14.5. The Labute approximate surface area is 132 Å². The fourth-order valence-corrected chi connectivity index (χ4v) is 3.78. The Morgan fingerprint density at radius 1 is 1.20 bits per heavy atom. The lowest BCUT2D eigenvalue weighted by atomic mass is 9.75. The summed E-state index contributed by atoms with van der Waals surface area (Å²) in [4.78, 5) is 0. The van der Waals surface area contributed by atoms with Gasteiger partial charge in [-0.2, -0.15) is 0 Å². The van der Waals surface area contributed by atoms with Crippen LogP contribution in [0.3, 0.4) is 0 Å². The monoisotopic (exact) mass is 313 g/mol. The van der Waals surface area contributed by atoms with Gasteiger partial charge in [-0.1, -0.05) is 62.2 Å². The molecule has 0 radical (unpaired) electrons. The number of hydrogen-bond acceptors (Lipinski definition) is 1. The average Bonchev–Trinajstić information content (AvgIpc) is 2.47. The van der Waals surface area contributed by atoms with Crippen LogP contribution in [0.15, 0.2) is 18.2 Å². The normalized spacial score (nSPS) is 24.6. The molecule has 0 amide bonds. The first-order valence-corrected chi connectivity index (χ1v) is 8.58. The molecule has 0 aliphatic heterocycles. The summed E-state index contributed by atoms with van der Waals surface area (Å²) in [7, 11) is 0. The van der Waals surface area contributed by atoms with E-state index < -0.39 is 0 Å². The minimum absolute atomic E-state index is 0.0216. The van der Waals surface area contributed by atoms with Crippen LogP contribution < -0.4 is 5.73 Å². The topological polar surface area (TPSA) is 26.0 Å². The summed E-state index contributed by atoms with van der Waals surface area (Å²) in [5, 5.41) is 1.46. The molecule has 1 unspecified atom stereocenters. The van der Waals surface area contributed by atoms with Crippen LogP contribution in [0.5, 0.6) is 0 Å². The number of rotatable bonds is 5. The molecule has 1 aromatic rings. The van der Waals surface area contributed by atoms with E-state index in [9.17, 15) is 0 Å². The van der Waals surface area contributed by atoms with Gasteiger partial charge >= 0.3 is 0 Å². The van der Waals surface area contributed by atoms with E-state index in [1.807, 2.05) is 18.2 Å². The smallest absolute Gasteiger partial charge is 0.0454 e. The zero-order valence-electron chi connectivity index (χ0n) is 12.2. The molecule has 2 rings (SSSR count). The van der Waals surface area contributed by atoms with E-state index in [0.29, 0.717) is 5.92 Å². The van der Waals surface area contributed by atoms with Gasteiger partial charge in [0.1, 0.15) is 0 Å². The molecular weight excluding hydrogens is 289 g/mol. The molecule has 1 atom stereocenters. The second-order valence-corrected chi connectivity index (χ2v) is 6.96. The second kappa shape index (κ2) is 7.68. The van der Waals surface area contributed by atoms with Crippen molar-refractivity contribution in [2.75, 3.05) is 0 Å². The third-order valence-electron chi connectivity index (χ3n) is 4.68. The SMILES string of the molecule is CCCCC1CCC(C(N)c2cc(Cl)ccc2Cl)CC1. The molecule has 1 nitrogen and oxygen atoms in total. The Hall–Kier alpha value is -0.240. The molecule has 2 N–H and O–H groups in total. The lowest BCUT2D eigenvalue weighted by Gasteiger charge is -2.32. The third-order valence-corrected chi connectivity index (χ3v) is 5.26. The molecule has 1 fully saturated rings. The van der Waals surface area contributed by atoms with Crippen molar-refractivity contribution in [3.8, 4) is 0 Å². The fraction of sp³-hybridized carbons (Fsp3) is 0.647. The van der Waals surface area contributed by atoms with Gasteiger partial charge in [-0.3, -0.25) is 0 Å². The predicted molar refractivity (Wildman–Crippen MR) is 88.4 cm³/mol. The van der Waals surface area contributed by atoms with Gasteiger partial charge in [0.05, 0.1) is 0 Å². The number of nitrogens with two attached hydrogens (primary N) is 1. The van der Waals surface area contributed by atoms with Crippen molar-refractivity contribution in [3.63, 3.8) is 0 Å². The van der Waals surface area contributed by atoms with Crippen molar-refractivity contribution >= 4 is 23.2 Å². The van der Waals surface area contributed by atoms with E-state index in [2.05, 4.69) is 6.92 Å². The molecule has 112 valence electrons. The van der Waals surface area contributed by atoms with Crippen molar-refractivity contribution < 1.29 is 0 Å². The van der Waals surface area contributed by atoms with Gasteiger partial charge in [-0.15, -0.1) is 0 Å². The molecular formula is C17H25Cl2N. The first kappa shape index (κ1) is 16.1. The van der Waals surface area contributed by atoms with Crippen molar-refractivity contribution in [1.29, 1.82) is 0 Å². The van der Waals surface area contributed by atoms with E-state index in [1.165, 1.54) is 44.9 Å². The highest BCUT2D eigenvalue weighted by molar-refractivity contribution is 6.33. The van der Waals surface area contributed by atoms with E-state index in [1.54, 1.807) is 0 Å². The Morgan fingerprint density at radius 2 is 1.90 bits per heavy atom. The van der Waals surface area contributed by atoms with E-state index in [4.69, 9.17) is 28.9 Å². The van der Waals surface area contributed by atoms with Crippen molar-refractivity contribution in [2.24, 2.45) is 17.6 Å². The van der Waals surface area contributed by atoms with Crippen molar-refractivity contribution in [2.45, 2.75) is 57.9 Å². The van der Waals surface area contributed by atoms with Gasteiger partial charge in [0, 0.05) is 16.1 Å². The van der Waals surface area contributed by atoms with Crippen LogP contribution in [0.1, 0.15) is 63.5 Å². The lowest BCUT2D eigenvalue weighted by molar-refractivity contribution is 0.232. The third kappa shape index (κ3) is 4.13. The lowest BCUT2D eigenvalue weighted by Crippen LogP contribution is -2.26. The average molecular weight is 314 g/mol. The molecule has 0 aromatic heterocycles. The summed E-state index contributed by atoms with van der Waals surface area (Å²) in [6, 6.07) is 5.62. The molecule has 0 spiro atoms. The van der Waals surface area contributed by atoms with E-state index in [0.717, 1.165) is 21.5 Å². The Bertz CT molecular complexity index is 425. The van der Waals surface area contributed by atoms with Gasteiger partial charge in [0.2, 0.25) is 0 Å². The minimum Gasteiger partial charge on any atom is -0.324 e. The molecule has 20 heavy (non-hydrogen) atoms. The second-order valence-electron chi connectivity index (χ2n) is 6.11. The maximum Gasteiger partial charge on any atom is 0.0454 e. The van der Waals surface area contributed by atoms with Gasteiger partial charge in [-0.25, -0.2) is 0 Å². The van der Waals surface area contributed by atoms with Crippen LogP contribution >= 0.6 is 23.2 Å². The molecule has 0 heterocycles. The highest BCUT2D eigenvalue weighted by Crippen LogP contribution is 2.39. The first-order chi connectivity index (χ1) is 9.61. The van der Waals surface area contributed by atoms with Crippen molar-refractivity contribution in [3.05, 3.63) is 33.8 Å². The van der Waals surface area contributed by atoms with Crippen LogP contribution in [0.25, 0.3) is 0 Å². The van der Waals surface area contributed by atoms with Crippen LogP contribution in [0, 0.1) is 11.8 Å². The maximum atomic E-state index is 6.44. The first-order valence-electron chi connectivity index (χ1n) is 7.82. The fourth-order valence-electron chi connectivity index (χ4n) is 3.35. The standard InChI is InChI=1S/C17H25Cl2N/c1-2-3-4-12-5-7-13(8-6-12)17(20)15-11-14(18)9-10-16(15)19/h9-13,17H,2-8,20H2,1H3. The Balaban J connectivity index is 1.94. The van der Waals surface area contributed by atoms with E-state index in [-0.39, 0.29) is 6.04 Å². The summed E-state index contributed by atoms with van der Waals surface area (Å²) < 4.78 is 0. The largest absolute Gasteiger partial charge is 0.324 e. The number of halogens is 2. The summed E-state index contributed by atoms with van der Waals surface area (Å²) in [5.74, 6) is 1.46. The molecule has 0 saturated heterocycles.